The van der Waals surface area contributed by atoms with Gasteiger partial charge < -0.3 is 15.5 Å². The number of hydrogen-bond donors (Lipinski definition) is 2. The summed E-state index contributed by atoms with van der Waals surface area (Å²) in [6.45, 7) is 4.81. The molecule has 2 rings (SSSR count). The third-order valence-electron chi connectivity index (χ3n) is 4.09. The van der Waals surface area contributed by atoms with E-state index in [1.54, 1.807) is 6.92 Å². The second kappa shape index (κ2) is 5.82. The summed E-state index contributed by atoms with van der Waals surface area (Å²) in [7, 11) is 0.318. The predicted octanol–water partition coefficient (Wildman–Crippen LogP) is 0.613. The largest absolute Gasteiger partial charge is 0.399 e. The molecule has 4 N–H and O–H groups in total. The molecule has 0 aromatic heterocycles. The lowest BCUT2D eigenvalue weighted by Gasteiger charge is -2.26. The van der Waals surface area contributed by atoms with Gasteiger partial charge in [-0.15, -0.1) is 0 Å². The molecule has 1 aliphatic rings. The first kappa shape index (κ1) is 16.1. The second-order valence-electron chi connectivity index (χ2n) is 6.01. The van der Waals surface area contributed by atoms with Crippen molar-refractivity contribution in [1.29, 1.82) is 0 Å². The van der Waals surface area contributed by atoms with E-state index in [4.69, 9.17) is 10.9 Å². The minimum absolute atomic E-state index is 0.105. The van der Waals surface area contributed by atoms with Gasteiger partial charge in [-0.25, -0.2) is 13.6 Å². The molecule has 1 heterocycles. The minimum Gasteiger partial charge on any atom is -0.399 e. The van der Waals surface area contributed by atoms with Crippen molar-refractivity contribution in [3.8, 4) is 0 Å². The maximum absolute atomic E-state index is 11.7. The molecule has 6 nitrogen and oxygen atoms in total. The van der Waals surface area contributed by atoms with Gasteiger partial charge in [0.15, 0.2) is 0 Å². The number of primary sulfonamides is 1. The number of nitrogen functional groups attached to an aromatic ring is 1. The summed E-state index contributed by atoms with van der Waals surface area (Å²) in [4.78, 5) is 4.48. The fraction of sp³-hybridized carbons (Fsp3) is 0.571. The maximum atomic E-state index is 11.7. The number of rotatable bonds is 4. The van der Waals surface area contributed by atoms with Crippen LogP contribution in [0.3, 0.4) is 0 Å². The number of hydrogen-bond acceptors (Lipinski definition) is 5. The zero-order valence-corrected chi connectivity index (χ0v) is 13.7. The van der Waals surface area contributed by atoms with E-state index in [0.717, 1.165) is 31.7 Å². The van der Waals surface area contributed by atoms with Crippen LogP contribution in [0, 0.1) is 12.8 Å². The van der Waals surface area contributed by atoms with E-state index in [-0.39, 0.29) is 4.90 Å². The maximum Gasteiger partial charge on any atom is 0.238 e. The molecular weight excluding hydrogens is 288 g/mol. The van der Waals surface area contributed by atoms with Crippen LogP contribution < -0.4 is 15.8 Å². The molecule has 1 saturated heterocycles. The highest BCUT2D eigenvalue weighted by atomic mass is 32.2. The minimum atomic E-state index is -3.76. The number of likely N-dealkylation sites (tertiary alicyclic amines) is 1. The summed E-state index contributed by atoms with van der Waals surface area (Å²) in [6, 6.07) is 3.23. The second-order valence-corrected chi connectivity index (χ2v) is 7.54. The molecular formula is C14H24N4O2S. The lowest BCUT2D eigenvalue weighted by atomic mass is 10.1. The highest BCUT2D eigenvalue weighted by Gasteiger charge is 2.23. The van der Waals surface area contributed by atoms with Gasteiger partial charge in [0.25, 0.3) is 0 Å². The molecule has 21 heavy (non-hydrogen) atoms. The van der Waals surface area contributed by atoms with Crippen LogP contribution in [0.1, 0.15) is 12.0 Å². The van der Waals surface area contributed by atoms with Crippen molar-refractivity contribution in [2.24, 2.45) is 11.1 Å². The van der Waals surface area contributed by atoms with E-state index in [9.17, 15) is 8.42 Å². The molecule has 0 amide bonds. The van der Waals surface area contributed by atoms with Crippen LogP contribution in [0.2, 0.25) is 0 Å². The lowest BCUT2D eigenvalue weighted by molar-refractivity contribution is 0.396. The highest BCUT2D eigenvalue weighted by Crippen LogP contribution is 2.29. The van der Waals surface area contributed by atoms with Crippen molar-refractivity contribution in [3.63, 3.8) is 0 Å². The molecule has 0 aliphatic carbocycles. The smallest absolute Gasteiger partial charge is 0.238 e. The zero-order chi connectivity index (χ0) is 15.8. The van der Waals surface area contributed by atoms with Crippen LogP contribution in [0.4, 0.5) is 11.4 Å². The van der Waals surface area contributed by atoms with Crippen molar-refractivity contribution in [2.45, 2.75) is 18.2 Å². The fourth-order valence-corrected chi connectivity index (χ4v) is 3.88. The summed E-state index contributed by atoms with van der Waals surface area (Å²) in [5.74, 6) is 0.582. The van der Waals surface area contributed by atoms with Crippen LogP contribution >= 0.6 is 0 Å². The first-order chi connectivity index (χ1) is 9.68. The van der Waals surface area contributed by atoms with Crippen LogP contribution in [-0.4, -0.2) is 47.0 Å². The quantitative estimate of drug-likeness (QED) is 0.795. The van der Waals surface area contributed by atoms with Crippen molar-refractivity contribution in [1.82, 2.24) is 4.90 Å². The number of anilines is 2. The summed E-state index contributed by atoms with van der Waals surface area (Å²) in [5.41, 5.74) is 7.73. The van der Waals surface area contributed by atoms with E-state index < -0.39 is 10.0 Å². The molecule has 118 valence electrons. The molecule has 1 atom stereocenters. The van der Waals surface area contributed by atoms with Crippen molar-refractivity contribution < 1.29 is 8.42 Å². The van der Waals surface area contributed by atoms with Crippen LogP contribution in [-0.2, 0) is 10.0 Å². The van der Waals surface area contributed by atoms with Crippen LogP contribution in [0.25, 0.3) is 0 Å². The Balaban J connectivity index is 2.28. The number of benzene rings is 1. The Bertz CT molecular complexity index is 630. The van der Waals surface area contributed by atoms with E-state index in [2.05, 4.69) is 16.8 Å². The zero-order valence-electron chi connectivity index (χ0n) is 12.8. The van der Waals surface area contributed by atoms with E-state index in [1.807, 2.05) is 13.1 Å². The fourth-order valence-electron chi connectivity index (χ4n) is 3.05. The Hall–Kier alpha value is -1.31. The van der Waals surface area contributed by atoms with Gasteiger partial charge in [0.2, 0.25) is 10.0 Å². The Labute approximate surface area is 126 Å². The predicted molar refractivity (Wildman–Crippen MR) is 85.8 cm³/mol. The SMILES string of the molecule is Cc1c(N(C)CC2CCN(C)C2)cc(N)cc1S(N)(=O)=O. The Morgan fingerprint density at radius 1 is 1.43 bits per heavy atom. The monoisotopic (exact) mass is 312 g/mol. The van der Waals surface area contributed by atoms with Gasteiger partial charge in [0.05, 0.1) is 4.90 Å². The van der Waals surface area contributed by atoms with Crippen LogP contribution in [0.5, 0.6) is 0 Å². The lowest BCUT2D eigenvalue weighted by Crippen LogP contribution is -2.28. The highest BCUT2D eigenvalue weighted by molar-refractivity contribution is 7.89. The van der Waals surface area contributed by atoms with Gasteiger partial charge >= 0.3 is 0 Å². The van der Waals surface area contributed by atoms with Crippen molar-refractivity contribution in [2.75, 3.05) is 44.4 Å². The van der Waals surface area contributed by atoms with Crippen molar-refractivity contribution >= 4 is 21.4 Å². The molecule has 1 unspecified atom stereocenters. The van der Waals surface area contributed by atoms with Crippen molar-refractivity contribution in [3.05, 3.63) is 17.7 Å². The summed E-state index contributed by atoms with van der Waals surface area (Å²) < 4.78 is 23.3. The van der Waals surface area contributed by atoms with E-state index >= 15 is 0 Å². The molecule has 1 fully saturated rings. The molecule has 0 saturated carbocycles. The number of sulfonamides is 1. The van der Waals surface area contributed by atoms with Gasteiger partial charge in [-0.05, 0) is 50.6 Å². The Kier molecular flexibility index (Phi) is 4.46. The van der Waals surface area contributed by atoms with Crippen LogP contribution in [0.15, 0.2) is 17.0 Å². The van der Waals surface area contributed by atoms with Gasteiger partial charge in [-0.3, -0.25) is 0 Å². The normalized spacial score (nSPS) is 19.9. The summed E-state index contributed by atoms with van der Waals surface area (Å²) >= 11 is 0. The summed E-state index contributed by atoms with van der Waals surface area (Å²) in [6.07, 6.45) is 1.16. The Morgan fingerprint density at radius 3 is 2.62 bits per heavy atom. The molecule has 1 aromatic carbocycles. The number of nitrogens with zero attached hydrogens (tertiary/aromatic N) is 2. The van der Waals surface area contributed by atoms with Gasteiger partial charge in [-0.2, -0.15) is 0 Å². The van der Waals surface area contributed by atoms with Gasteiger partial charge in [0.1, 0.15) is 0 Å². The topological polar surface area (TPSA) is 92.7 Å². The third-order valence-corrected chi connectivity index (χ3v) is 5.13. The third kappa shape index (κ3) is 3.66. The average molecular weight is 312 g/mol. The van der Waals surface area contributed by atoms with E-state index in [0.29, 0.717) is 17.2 Å². The molecule has 1 aromatic rings. The molecule has 0 radical (unpaired) electrons. The standard InChI is InChI=1S/C14H24N4O2S/c1-10-13(6-12(15)7-14(10)21(16,19)20)18(3)9-11-4-5-17(2)8-11/h6-7,11H,4-5,8-9,15H2,1-3H3,(H2,16,19,20). The first-order valence-corrected chi connectivity index (χ1v) is 8.55. The Morgan fingerprint density at radius 2 is 2.10 bits per heavy atom. The number of nitrogens with two attached hydrogens (primary N) is 2. The molecule has 1 aliphatic heterocycles. The molecule has 7 heteroatoms. The molecule has 0 spiro atoms. The first-order valence-electron chi connectivity index (χ1n) is 7.01. The summed E-state index contributed by atoms with van der Waals surface area (Å²) in [5, 5.41) is 5.27. The molecule has 0 bridgehead atoms. The van der Waals surface area contributed by atoms with Gasteiger partial charge in [-0.1, -0.05) is 0 Å². The van der Waals surface area contributed by atoms with E-state index in [1.165, 1.54) is 6.07 Å². The van der Waals surface area contributed by atoms with Gasteiger partial charge in [0, 0.05) is 31.5 Å². The average Bonchev–Trinajstić information content (AvgIpc) is 2.75.